The summed E-state index contributed by atoms with van der Waals surface area (Å²) in [6.45, 7) is 0.282. The predicted octanol–water partition coefficient (Wildman–Crippen LogP) is 7.06. The molecule has 2 aromatic carbocycles. The van der Waals surface area contributed by atoms with Crippen LogP contribution >= 0.6 is 34.8 Å². The van der Waals surface area contributed by atoms with Crippen molar-refractivity contribution in [2.24, 2.45) is 11.0 Å². The molecule has 0 bridgehead atoms. The number of nitriles is 1. The molecule has 2 aromatic rings. The molecule has 0 fully saturated rings. The second kappa shape index (κ2) is 11.2. The van der Waals surface area contributed by atoms with E-state index in [1.54, 1.807) is 24.3 Å². The fraction of sp³-hybridized carbons (Fsp3) is 0.318. The maximum atomic E-state index is 13.4. The van der Waals surface area contributed by atoms with E-state index < -0.39 is 23.5 Å². The van der Waals surface area contributed by atoms with Crippen LogP contribution in [0.5, 0.6) is 5.75 Å². The summed E-state index contributed by atoms with van der Waals surface area (Å²) >= 11 is 16.7. The number of carbonyl (C=O) groups is 1. The van der Waals surface area contributed by atoms with Gasteiger partial charge in [0, 0.05) is 23.0 Å². The van der Waals surface area contributed by atoms with Gasteiger partial charge < -0.3 is 10.1 Å². The van der Waals surface area contributed by atoms with E-state index in [0.717, 1.165) is 11.6 Å². The third kappa shape index (κ3) is 6.47. The van der Waals surface area contributed by atoms with Crippen molar-refractivity contribution in [2.75, 3.05) is 11.9 Å². The third-order valence-electron chi connectivity index (χ3n) is 4.91. The number of carbonyl (C=O) groups excluding carboxylic acids is 1. The van der Waals surface area contributed by atoms with Gasteiger partial charge in [-0.05, 0) is 48.7 Å². The first-order valence-electron chi connectivity index (χ1n) is 10.0. The number of halogens is 6. The van der Waals surface area contributed by atoms with Gasteiger partial charge in [0.2, 0.25) is 0 Å². The van der Waals surface area contributed by atoms with Crippen LogP contribution in [-0.2, 0) is 0 Å². The Morgan fingerprint density at radius 3 is 2.62 bits per heavy atom. The number of hydrogen-bond donors (Lipinski definition) is 1. The first-order chi connectivity index (χ1) is 16.1. The molecule has 0 saturated carbocycles. The Bertz CT molecular complexity index is 1110. The second-order valence-electron chi connectivity index (χ2n) is 7.36. The normalized spacial score (nSPS) is 16.6. The number of nitrogens with one attached hydrogen (secondary N) is 1. The van der Waals surface area contributed by atoms with Gasteiger partial charge >= 0.3 is 12.1 Å². The van der Waals surface area contributed by atoms with Gasteiger partial charge in [-0.1, -0.05) is 46.9 Å². The van der Waals surface area contributed by atoms with Gasteiger partial charge in [-0.3, -0.25) is 0 Å². The van der Waals surface area contributed by atoms with Crippen LogP contribution < -0.4 is 10.1 Å². The van der Waals surface area contributed by atoms with E-state index >= 15 is 0 Å². The smallest absolute Gasteiger partial charge is 0.428 e. The highest BCUT2D eigenvalue weighted by Gasteiger charge is 2.42. The van der Waals surface area contributed by atoms with Crippen LogP contribution in [0, 0.1) is 17.2 Å². The number of rotatable bonds is 8. The number of urea groups is 1. The number of benzene rings is 2. The minimum atomic E-state index is -4.28. The number of ether oxygens (including phenoxy) is 1. The molecule has 2 amide bonds. The average Bonchev–Trinajstić information content (AvgIpc) is 3.20. The van der Waals surface area contributed by atoms with E-state index in [1.165, 1.54) is 17.1 Å². The zero-order valence-electron chi connectivity index (χ0n) is 17.5. The largest absolute Gasteiger partial charge is 0.444 e. The molecule has 6 nitrogen and oxygen atoms in total. The summed E-state index contributed by atoms with van der Waals surface area (Å²) in [6, 6.07) is 12.1. The van der Waals surface area contributed by atoms with Crippen molar-refractivity contribution >= 4 is 52.2 Å². The monoisotopic (exact) mass is 532 g/mol. The van der Waals surface area contributed by atoms with Crippen LogP contribution in [0.3, 0.4) is 0 Å². The van der Waals surface area contributed by atoms with Crippen LogP contribution in [0.4, 0.5) is 23.7 Å². The quantitative estimate of drug-likeness (QED) is 0.291. The number of amides is 2. The molecule has 0 saturated heterocycles. The fourth-order valence-electron chi connectivity index (χ4n) is 3.29. The second-order valence-corrected chi connectivity index (χ2v) is 8.59. The number of anilines is 1. The molecule has 1 aliphatic rings. The maximum Gasteiger partial charge on any atom is 0.444 e. The van der Waals surface area contributed by atoms with Crippen molar-refractivity contribution in [3.8, 4) is 11.8 Å². The minimum absolute atomic E-state index is 0.0916. The first-order valence-corrected chi connectivity index (χ1v) is 11.2. The van der Waals surface area contributed by atoms with Crippen LogP contribution in [-0.4, -0.2) is 35.0 Å². The van der Waals surface area contributed by atoms with Crippen molar-refractivity contribution in [1.29, 1.82) is 5.26 Å². The number of hydrogen-bond acceptors (Lipinski definition) is 4. The summed E-state index contributed by atoms with van der Waals surface area (Å²) in [5.74, 6) is -0.596. The molecule has 0 spiro atoms. The SMILES string of the molecule is N#CCCCC1CN(C(=O)Nc2ccc(OC(F)(F)C(F)Cl)c(Cl)c2)N=C1c1ccc(Cl)cc1. The molecule has 2 unspecified atom stereocenters. The predicted molar refractivity (Wildman–Crippen MR) is 124 cm³/mol. The molecule has 1 aliphatic heterocycles. The summed E-state index contributed by atoms with van der Waals surface area (Å²) in [7, 11) is 0. The van der Waals surface area contributed by atoms with Crippen molar-refractivity contribution in [2.45, 2.75) is 31.0 Å². The highest BCUT2D eigenvalue weighted by molar-refractivity contribution is 6.32. The molecule has 2 atom stereocenters. The van der Waals surface area contributed by atoms with Gasteiger partial charge in [0.1, 0.15) is 5.75 Å². The summed E-state index contributed by atoms with van der Waals surface area (Å²) in [4.78, 5) is 12.8. The lowest BCUT2D eigenvalue weighted by Crippen LogP contribution is -2.33. The maximum absolute atomic E-state index is 13.4. The summed E-state index contributed by atoms with van der Waals surface area (Å²) in [6.07, 6.45) is -2.59. The molecule has 0 radical (unpaired) electrons. The molecule has 1 heterocycles. The lowest BCUT2D eigenvalue weighted by Gasteiger charge is -2.19. The van der Waals surface area contributed by atoms with Gasteiger partial charge in [-0.15, -0.1) is 0 Å². The minimum Gasteiger partial charge on any atom is -0.428 e. The van der Waals surface area contributed by atoms with Gasteiger partial charge in [-0.2, -0.15) is 19.1 Å². The Morgan fingerprint density at radius 1 is 1.29 bits per heavy atom. The molecule has 3 rings (SSSR count). The zero-order chi connectivity index (χ0) is 24.9. The molecular formula is C22H18Cl3F3N4O2. The van der Waals surface area contributed by atoms with Gasteiger partial charge in [-0.25, -0.2) is 14.2 Å². The summed E-state index contributed by atoms with van der Waals surface area (Å²) in [5, 5.41) is 17.4. The van der Waals surface area contributed by atoms with E-state index in [0.29, 0.717) is 30.0 Å². The van der Waals surface area contributed by atoms with E-state index in [-0.39, 0.29) is 23.2 Å². The van der Waals surface area contributed by atoms with Crippen molar-refractivity contribution in [1.82, 2.24) is 5.01 Å². The zero-order valence-corrected chi connectivity index (χ0v) is 19.7. The topological polar surface area (TPSA) is 77.7 Å². The summed E-state index contributed by atoms with van der Waals surface area (Å²) in [5.41, 5.74) is -1.38. The van der Waals surface area contributed by atoms with Gasteiger partial charge in [0.15, 0.2) is 0 Å². The summed E-state index contributed by atoms with van der Waals surface area (Å²) < 4.78 is 43.8. The van der Waals surface area contributed by atoms with Crippen LogP contribution in [0.15, 0.2) is 47.6 Å². The Balaban J connectivity index is 1.74. The lowest BCUT2D eigenvalue weighted by atomic mass is 9.93. The first kappa shape index (κ1) is 25.9. The van der Waals surface area contributed by atoms with Crippen LogP contribution in [0.2, 0.25) is 10.0 Å². The van der Waals surface area contributed by atoms with Crippen molar-refractivity contribution < 1.29 is 22.7 Å². The molecule has 180 valence electrons. The van der Waals surface area contributed by atoms with Gasteiger partial charge in [0.25, 0.3) is 5.63 Å². The van der Waals surface area contributed by atoms with Crippen LogP contribution in [0.25, 0.3) is 0 Å². The Kier molecular flexibility index (Phi) is 8.52. The number of unbranched alkanes of at least 4 members (excludes halogenated alkanes) is 1. The molecule has 0 aliphatic carbocycles. The molecule has 12 heteroatoms. The van der Waals surface area contributed by atoms with E-state index in [1.807, 2.05) is 0 Å². The van der Waals surface area contributed by atoms with E-state index in [4.69, 9.17) is 40.1 Å². The van der Waals surface area contributed by atoms with Gasteiger partial charge in [0.05, 0.1) is 23.3 Å². The Morgan fingerprint density at radius 2 is 2.00 bits per heavy atom. The molecule has 1 N–H and O–H groups in total. The average molecular weight is 534 g/mol. The Labute approximate surface area is 208 Å². The molecule has 34 heavy (non-hydrogen) atoms. The number of hydrazone groups is 1. The van der Waals surface area contributed by atoms with Crippen molar-refractivity contribution in [3.05, 3.63) is 58.1 Å². The lowest BCUT2D eigenvalue weighted by molar-refractivity contribution is -0.198. The molecule has 0 aromatic heterocycles. The highest BCUT2D eigenvalue weighted by Crippen LogP contribution is 2.35. The van der Waals surface area contributed by atoms with Crippen LogP contribution in [0.1, 0.15) is 24.8 Å². The van der Waals surface area contributed by atoms with Crippen molar-refractivity contribution in [3.63, 3.8) is 0 Å². The Hall–Kier alpha value is -2.67. The third-order valence-corrected chi connectivity index (χ3v) is 5.71. The highest BCUT2D eigenvalue weighted by atomic mass is 35.5. The number of nitrogens with zero attached hydrogens (tertiary/aromatic N) is 3. The number of alkyl halides is 4. The molecular weight excluding hydrogens is 516 g/mol. The van der Waals surface area contributed by atoms with E-state index in [9.17, 15) is 18.0 Å². The van der Waals surface area contributed by atoms with E-state index in [2.05, 4.69) is 21.2 Å². The fourth-order valence-corrected chi connectivity index (χ4v) is 3.68. The standard InChI is InChI=1S/C22H18Cl3F3N4O2/c23-15-6-4-13(5-7-15)19-14(3-1-2-10-29)12-32(31-19)21(33)30-16-8-9-18(17(24)11-16)34-22(27,28)20(25)26/h4-9,11,14,20H,1-3,12H2,(H,30,33).